The molecule has 0 aliphatic heterocycles. The van der Waals surface area contributed by atoms with E-state index >= 15 is 0 Å². The number of carbonyl (C=O) groups excluding carboxylic acids is 1. The van der Waals surface area contributed by atoms with Crippen LogP contribution in [0.3, 0.4) is 0 Å². The number of hydrogen-bond acceptors (Lipinski definition) is 2. The zero-order chi connectivity index (χ0) is 10.1. The fourth-order valence-electron chi connectivity index (χ4n) is 1.41. The Morgan fingerprint density at radius 2 is 2.29 bits per heavy atom. The molecule has 2 rings (SSSR count). The molecule has 0 unspecified atom stereocenters. The SMILES string of the molecule is COc1ccc2c(C=O)c(Br)[nH]c2c1. The monoisotopic (exact) mass is 253 g/mol. The van der Waals surface area contributed by atoms with Crippen molar-refractivity contribution >= 4 is 33.1 Å². The van der Waals surface area contributed by atoms with E-state index in [1.807, 2.05) is 18.2 Å². The smallest absolute Gasteiger partial charge is 0.153 e. The average molecular weight is 254 g/mol. The molecule has 0 saturated carbocycles. The summed E-state index contributed by atoms with van der Waals surface area (Å²) in [5.41, 5.74) is 1.53. The zero-order valence-corrected chi connectivity index (χ0v) is 9.09. The second kappa shape index (κ2) is 3.46. The summed E-state index contributed by atoms with van der Waals surface area (Å²) in [7, 11) is 1.61. The molecule has 0 bridgehead atoms. The molecule has 4 heteroatoms. The zero-order valence-electron chi connectivity index (χ0n) is 7.50. The molecule has 0 fully saturated rings. The fourth-order valence-corrected chi connectivity index (χ4v) is 1.93. The third-order valence-electron chi connectivity index (χ3n) is 2.12. The van der Waals surface area contributed by atoms with Crippen LogP contribution in [0.2, 0.25) is 0 Å². The van der Waals surface area contributed by atoms with Gasteiger partial charge in [0.05, 0.1) is 22.8 Å². The first kappa shape index (κ1) is 9.27. The number of fused-ring (bicyclic) bond motifs is 1. The fraction of sp³-hybridized carbons (Fsp3) is 0.100. The summed E-state index contributed by atoms with van der Waals surface area (Å²) in [6.07, 6.45) is 0.829. The summed E-state index contributed by atoms with van der Waals surface area (Å²) >= 11 is 3.29. The Hall–Kier alpha value is -1.29. The second-order valence-electron chi connectivity index (χ2n) is 2.88. The molecular weight excluding hydrogens is 246 g/mol. The lowest BCUT2D eigenvalue weighted by molar-refractivity contribution is 0.112. The Balaban J connectivity index is 2.74. The Morgan fingerprint density at radius 3 is 2.93 bits per heavy atom. The second-order valence-corrected chi connectivity index (χ2v) is 3.68. The van der Waals surface area contributed by atoms with E-state index in [1.54, 1.807) is 7.11 Å². The van der Waals surface area contributed by atoms with E-state index in [2.05, 4.69) is 20.9 Å². The first-order chi connectivity index (χ1) is 6.76. The number of rotatable bonds is 2. The van der Waals surface area contributed by atoms with Crippen LogP contribution in [0, 0.1) is 0 Å². The lowest BCUT2D eigenvalue weighted by Gasteiger charge is -1.98. The molecule has 0 saturated heterocycles. The maximum atomic E-state index is 10.8. The van der Waals surface area contributed by atoms with Gasteiger partial charge in [0.25, 0.3) is 0 Å². The highest BCUT2D eigenvalue weighted by atomic mass is 79.9. The first-order valence-corrected chi connectivity index (χ1v) is 4.86. The molecule has 0 spiro atoms. The molecule has 0 atom stereocenters. The molecule has 1 aromatic heterocycles. The number of ether oxygens (including phenoxy) is 1. The standard InChI is InChI=1S/C10H8BrNO2/c1-14-6-2-3-7-8(5-13)10(11)12-9(7)4-6/h2-5,12H,1H3. The Bertz CT molecular complexity index is 490. The van der Waals surface area contributed by atoms with Crippen LogP contribution in [0.5, 0.6) is 5.75 Å². The topological polar surface area (TPSA) is 42.1 Å². The maximum absolute atomic E-state index is 10.8. The maximum Gasteiger partial charge on any atom is 0.153 e. The summed E-state index contributed by atoms with van der Waals surface area (Å²) in [4.78, 5) is 13.8. The third-order valence-corrected chi connectivity index (χ3v) is 2.74. The lowest BCUT2D eigenvalue weighted by atomic mass is 10.2. The van der Waals surface area contributed by atoms with E-state index < -0.39 is 0 Å². The van der Waals surface area contributed by atoms with E-state index in [4.69, 9.17) is 4.74 Å². The molecule has 0 amide bonds. The van der Waals surface area contributed by atoms with Gasteiger partial charge in [-0.05, 0) is 28.1 Å². The van der Waals surface area contributed by atoms with Crippen molar-refractivity contribution in [3.05, 3.63) is 28.4 Å². The lowest BCUT2D eigenvalue weighted by Crippen LogP contribution is -1.81. The number of nitrogens with one attached hydrogen (secondary N) is 1. The third kappa shape index (κ3) is 1.32. The van der Waals surface area contributed by atoms with Gasteiger partial charge in [-0.15, -0.1) is 0 Å². The van der Waals surface area contributed by atoms with Crippen LogP contribution in [-0.2, 0) is 0 Å². The van der Waals surface area contributed by atoms with E-state index in [9.17, 15) is 4.79 Å². The van der Waals surface area contributed by atoms with Crippen LogP contribution < -0.4 is 4.74 Å². The highest BCUT2D eigenvalue weighted by molar-refractivity contribution is 9.10. The van der Waals surface area contributed by atoms with Crippen molar-refractivity contribution < 1.29 is 9.53 Å². The minimum Gasteiger partial charge on any atom is -0.497 e. The molecule has 0 aliphatic rings. The highest BCUT2D eigenvalue weighted by Crippen LogP contribution is 2.27. The van der Waals surface area contributed by atoms with E-state index in [-0.39, 0.29) is 0 Å². The minimum atomic E-state index is 0.641. The van der Waals surface area contributed by atoms with E-state index in [0.717, 1.165) is 22.9 Å². The summed E-state index contributed by atoms with van der Waals surface area (Å²) in [6, 6.07) is 5.54. The average Bonchev–Trinajstić information content (AvgIpc) is 2.51. The quantitative estimate of drug-likeness (QED) is 0.837. The van der Waals surface area contributed by atoms with Gasteiger partial charge in [-0.1, -0.05) is 0 Å². The normalized spacial score (nSPS) is 10.4. The van der Waals surface area contributed by atoms with Crippen LogP contribution in [0.25, 0.3) is 10.9 Å². The summed E-state index contributed by atoms with van der Waals surface area (Å²) < 4.78 is 5.79. The van der Waals surface area contributed by atoms with Crippen LogP contribution >= 0.6 is 15.9 Å². The largest absolute Gasteiger partial charge is 0.497 e. The number of carbonyl (C=O) groups is 1. The molecule has 3 nitrogen and oxygen atoms in total. The Kier molecular flexibility index (Phi) is 2.29. The number of halogens is 1. The number of aromatic nitrogens is 1. The molecule has 72 valence electrons. The van der Waals surface area contributed by atoms with Gasteiger partial charge in [-0.25, -0.2) is 0 Å². The van der Waals surface area contributed by atoms with Gasteiger partial charge in [0.2, 0.25) is 0 Å². The summed E-state index contributed by atoms with van der Waals surface area (Å²) in [5.74, 6) is 0.767. The van der Waals surface area contributed by atoms with Crippen molar-refractivity contribution in [1.29, 1.82) is 0 Å². The molecule has 14 heavy (non-hydrogen) atoms. The van der Waals surface area contributed by atoms with Crippen LogP contribution in [0.1, 0.15) is 10.4 Å². The van der Waals surface area contributed by atoms with Gasteiger partial charge >= 0.3 is 0 Å². The Morgan fingerprint density at radius 1 is 1.50 bits per heavy atom. The number of H-pyrrole nitrogens is 1. The molecule has 1 N–H and O–H groups in total. The van der Waals surface area contributed by atoms with Crippen LogP contribution in [0.15, 0.2) is 22.8 Å². The molecule has 1 heterocycles. The molecule has 2 aromatic rings. The van der Waals surface area contributed by atoms with Gasteiger partial charge in [0, 0.05) is 11.5 Å². The summed E-state index contributed by atoms with van der Waals surface area (Å²) in [6.45, 7) is 0. The number of hydrogen-bond donors (Lipinski definition) is 1. The van der Waals surface area contributed by atoms with E-state index in [0.29, 0.717) is 10.2 Å². The van der Waals surface area contributed by atoms with Crippen molar-refractivity contribution in [1.82, 2.24) is 4.98 Å². The van der Waals surface area contributed by atoms with Gasteiger partial charge in [-0.2, -0.15) is 0 Å². The first-order valence-electron chi connectivity index (χ1n) is 4.06. The number of aldehydes is 1. The molecule has 0 radical (unpaired) electrons. The van der Waals surface area contributed by atoms with Crippen molar-refractivity contribution in [2.75, 3.05) is 7.11 Å². The predicted octanol–water partition coefficient (Wildman–Crippen LogP) is 2.75. The predicted molar refractivity (Wildman–Crippen MR) is 57.9 cm³/mol. The van der Waals surface area contributed by atoms with Crippen LogP contribution in [-0.4, -0.2) is 18.4 Å². The van der Waals surface area contributed by atoms with Crippen molar-refractivity contribution in [3.63, 3.8) is 0 Å². The van der Waals surface area contributed by atoms with Gasteiger partial charge in [0.1, 0.15) is 5.75 Å². The summed E-state index contributed by atoms with van der Waals surface area (Å²) in [5, 5.41) is 0.896. The Labute approximate surface area is 89.2 Å². The van der Waals surface area contributed by atoms with Crippen LogP contribution in [0.4, 0.5) is 0 Å². The number of aromatic amines is 1. The van der Waals surface area contributed by atoms with Gasteiger partial charge < -0.3 is 9.72 Å². The van der Waals surface area contributed by atoms with E-state index in [1.165, 1.54) is 0 Å². The highest BCUT2D eigenvalue weighted by Gasteiger charge is 2.08. The van der Waals surface area contributed by atoms with Crippen molar-refractivity contribution in [2.45, 2.75) is 0 Å². The van der Waals surface area contributed by atoms with Crippen molar-refractivity contribution in [2.24, 2.45) is 0 Å². The van der Waals surface area contributed by atoms with Crippen molar-refractivity contribution in [3.8, 4) is 5.75 Å². The number of methoxy groups -OCH3 is 1. The molecule has 0 aliphatic carbocycles. The van der Waals surface area contributed by atoms with Gasteiger partial charge in [-0.3, -0.25) is 4.79 Å². The molecule has 1 aromatic carbocycles. The minimum absolute atomic E-state index is 0.641. The van der Waals surface area contributed by atoms with Gasteiger partial charge in [0.15, 0.2) is 6.29 Å². The number of benzene rings is 1. The molecular formula is C10H8BrNO2.